The lowest BCUT2D eigenvalue weighted by Crippen LogP contribution is -2.37. The lowest BCUT2D eigenvalue weighted by molar-refractivity contribution is -0.0919. The normalized spacial score (nSPS) is 15.2. The summed E-state index contributed by atoms with van der Waals surface area (Å²) in [4.78, 5) is 12.3. The van der Waals surface area contributed by atoms with Gasteiger partial charge in [-0.15, -0.1) is 16.7 Å². The van der Waals surface area contributed by atoms with Crippen molar-refractivity contribution in [1.29, 1.82) is 0 Å². The highest BCUT2D eigenvalue weighted by Gasteiger charge is 2.28. The summed E-state index contributed by atoms with van der Waals surface area (Å²) in [6.45, 7) is 13.8. The van der Waals surface area contributed by atoms with E-state index in [1.807, 2.05) is 48.5 Å². The Morgan fingerprint density at radius 2 is 1.96 bits per heavy atom. The Bertz CT molecular complexity index is 537. The van der Waals surface area contributed by atoms with E-state index in [1.165, 1.54) is 0 Å². The summed E-state index contributed by atoms with van der Waals surface area (Å²) in [6, 6.07) is 0.0683. The van der Waals surface area contributed by atoms with Crippen molar-refractivity contribution >= 4 is 17.6 Å². The van der Waals surface area contributed by atoms with Crippen LogP contribution in [0.25, 0.3) is 0 Å². The second-order valence-corrected chi connectivity index (χ2v) is 8.34. The van der Waals surface area contributed by atoms with Crippen molar-refractivity contribution in [3.63, 3.8) is 0 Å². The molecule has 0 aromatic carbocycles. The first kappa shape index (κ1) is 20.9. The van der Waals surface area contributed by atoms with Gasteiger partial charge in [0.1, 0.15) is 5.60 Å². The molecule has 0 saturated heterocycles. The first-order valence-electron chi connectivity index (χ1n) is 8.36. The van der Waals surface area contributed by atoms with E-state index in [0.717, 1.165) is 12.8 Å². The molecule has 0 radical (unpaired) electrons. The number of halogens is 1. The first-order valence-corrected chi connectivity index (χ1v) is 8.80. The SMILES string of the molecule is CCC(Cl)CC(C)n1cc(C(=O)OC(C)(C)COC(C)(C)C)nn1. The summed E-state index contributed by atoms with van der Waals surface area (Å²) >= 11 is 6.17. The highest BCUT2D eigenvalue weighted by atomic mass is 35.5. The summed E-state index contributed by atoms with van der Waals surface area (Å²) < 4.78 is 12.9. The van der Waals surface area contributed by atoms with Crippen molar-refractivity contribution in [3.8, 4) is 0 Å². The highest BCUT2D eigenvalue weighted by Crippen LogP contribution is 2.20. The van der Waals surface area contributed by atoms with Crippen LogP contribution in [0.4, 0.5) is 0 Å². The van der Waals surface area contributed by atoms with Crippen molar-refractivity contribution in [2.24, 2.45) is 0 Å². The maximum atomic E-state index is 12.3. The number of ether oxygens (including phenoxy) is 2. The van der Waals surface area contributed by atoms with E-state index in [0.29, 0.717) is 6.61 Å². The third-order valence-corrected chi connectivity index (χ3v) is 3.92. The fraction of sp³-hybridized carbons (Fsp3) is 0.824. The molecule has 138 valence electrons. The van der Waals surface area contributed by atoms with E-state index in [4.69, 9.17) is 21.1 Å². The van der Waals surface area contributed by atoms with Crippen molar-refractivity contribution in [1.82, 2.24) is 15.0 Å². The van der Waals surface area contributed by atoms with Gasteiger partial charge in [0.2, 0.25) is 0 Å². The number of hydrogen-bond donors (Lipinski definition) is 0. The van der Waals surface area contributed by atoms with Crippen molar-refractivity contribution in [2.45, 2.75) is 83.9 Å². The van der Waals surface area contributed by atoms with Crippen LogP contribution >= 0.6 is 11.6 Å². The van der Waals surface area contributed by atoms with Gasteiger partial charge in [-0.1, -0.05) is 12.1 Å². The van der Waals surface area contributed by atoms with Gasteiger partial charge < -0.3 is 9.47 Å². The van der Waals surface area contributed by atoms with E-state index in [2.05, 4.69) is 10.3 Å². The Morgan fingerprint density at radius 1 is 1.33 bits per heavy atom. The zero-order chi connectivity index (χ0) is 18.5. The molecule has 24 heavy (non-hydrogen) atoms. The molecule has 0 spiro atoms. The molecule has 0 aliphatic heterocycles. The second kappa shape index (κ2) is 8.30. The number of alkyl halides is 1. The molecule has 0 N–H and O–H groups in total. The molecule has 1 heterocycles. The maximum Gasteiger partial charge on any atom is 0.361 e. The Morgan fingerprint density at radius 3 is 2.50 bits per heavy atom. The molecule has 1 aromatic rings. The Kier molecular flexibility index (Phi) is 7.23. The quantitative estimate of drug-likeness (QED) is 0.518. The fourth-order valence-electron chi connectivity index (χ4n) is 1.95. The minimum atomic E-state index is -0.747. The summed E-state index contributed by atoms with van der Waals surface area (Å²) in [6.07, 6.45) is 3.26. The van der Waals surface area contributed by atoms with Crippen molar-refractivity contribution in [3.05, 3.63) is 11.9 Å². The maximum absolute atomic E-state index is 12.3. The Hall–Kier alpha value is -1.14. The first-order chi connectivity index (χ1) is 10.9. The van der Waals surface area contributed by atoms with Gasteiger partial charge in [-0.2, -0.15) is 0 Å². The van der Waals surface area contributed by atoms with Gasteiger partial charge in [0.25, 0.3) is 0 Å². The average molecular weight is 360 g/mol. The van der Waals surface area contributed by atoms with Crippen LogP contribution in [0.1, 0.15) is 77.8 Å². The van der Waals surface area contributed by atoms with Crippen molar-refractivity contribution < 1.29 is 14.3 Å². The predicted molar refractivity (Wildman–Crippen MR) is 94.5 cm³/mol. The van der Waals surface area contributed by atoms with Crippen LogP contribution in [0.2, 0.25) is 0 Å². The summed E-state index contributed by atoms with van der Waals surface area (Å²) in [7, 11) is 0. The molecular formula is C17H30ClN3O3. The zero-order valence-electron chi connectivity index (χ0n) is 15.8. The van der Waals surface area contributed by atoms with E-state index in [1.54, 1.807) is 10.9 Å². The standard InChI is InChI=1S/C17H30ClN3O3/c1-8-13(18)9-12(2)21-10-14(19-20-21)15(22)24-17(6,7)11-23-16(3,4)5/h10,12-13H,8-9,11H2,1-7H3. The second-order valence-electron chi connectivity index (χ2n) is 7.72. The molecule has 2 atom stereocenters. The van der Waals surface area contributed by atoms with Crippen LogP contribution in [0.15, 0.2) is 6.20 Å². The lowest BCUT2D eigenvalue weighted by atomic mass is 10.1. The molecule has 0 bridgehead atoms. The van der Waals surface area contributed by atoms with Crippen LogP contribution in [0, 0.1) is 0 Å². The minimum Gasteiger partial charge on any atom is -0.452 e. The van der Waals surface area contributed by atoms with Gasteiger partial charge in [0, 0.05) is 5.38 Å². The number of rotatable bonds is 8. The van der Waals surface area contributed by atoms with Crippen LogP contribution in [-0.2, 0) is 9.47 Å². The van der Waals surface area contributed by atoms with Gasteiger partial charge in [-0.25, -0.2) is 9.48 Å². The molecule has 0 aliphatic carbocycles. The topological polar surface area (TPSA) is 66.2 Å². The predicted octanol–water partition coefficient (Wildman–Crippen LogP) is 4.00. The molecule has 7 heteroatoms. The van der Waals surface area contributed by atoms with Crippen LogP contribution < -0.4 is 0 Å². The average Bonchev–Trinajstić information content (AvgIpc) is 2.94. The molecule has 0 amide bonds. The summed E-state index contributed by atoms with van der Waals surface area (Å²) in [5.41, 5.74) is -0.851. The highest BCUT2D eigenvalue weighted by molar-refractivity contribution is 6.20. The number of esters is 1. The lowest BCUT2D eigenvalue weighted by Gasteiger charge is -2.29. The van der Waals surface area contributed by atoms with Gasteiger partial charge in [0.05, 0.1) is 24.4 Å². The summed E-state index contributed by atoms with van der Waals surface area (Å²) in [5, 5.41) is 8.01. The molecule has 2 unspecified atom stereocenters. The molecule has 0 aliphatic rings. The molecule has 0 fully saturated rings. The van der Waals surface area contributed by atoms with Gasteiger partial charge in [0.15, 0.2) is 5.69 Å². The van der Waals surface area contributed by atoms with Crippen LogP contribution in [0.5, 0.6) is 0 Å². The molecular weight excluding hydrogens is 330 g/mol. The van der Waals surface area contributed by atoms with Gasteiger partial charge >= 0.3 is 5.97 Å². The number of aromatic nitrogens is 3. The molecule has 1 aromatic heterocycles. The van der Waals surface area contributed by atoms with Crippen LogP contribution in [-0.4, -0.2) is 44.1 Å². The third kappa shape index (κ3) is 7.18. The third-order valence-electron chi connectivity index (χ3n) is 3.43. The number of carbonyl (C=O) groups is 1. The van der Waals surface area contributed by atoms with Gasteiger partial charge in [-0.05, 0) is 54.4 Å². The fourth-order valence-corrected chi connectivity index (χ4v) is 2.21. The monoisotopic (exact) mass is 359 g/mol. The Labute approximate surface area is 149 Å². The molecule has 0 saturated carbocycles. The van der Waals surface area contributed by atoms with Crippen LogP contribution in [0.3, 0.4) is 0 Å². The smallest absolute Gasteiger partial charge is 0.361 e. The van der Waals surface area contributed by atoms with E-state index < -0.39 is 11.6 Å². The molecule has 6 nitrogen and oxygen atoms in total. The summed E-state index contributed by atoms with van der Waals surface area (Å²) in [5.74, 6) is -0.506. The van der Waals surface area contributed by atoms with Crippen molar-refractivity contribution in [2.75, 3.05) is 6.61 Å². The zero-order valence-corrected chi connectivity index (χ0v) is 16.6. The largest absolute Gasteiger partial charge is 0.452 e. The van der Waals surface area contributed by atoms with E-state index in [9.17, 15) is 4.79 Å². The van der Waals surface area contributed by atoms with Gasteiger partial charge in [-0.3, -0.25) is 0 Å². The number of hydrogen-bond acceptors (Lipinski definition) is 5. The number of carbonyl (C=O) groups excluding carboxylic acids is 1. The minimum absolute atomic E-state index is 0.0683. The number of nitrogens with zero attached hydrogens (tertiary/aromatic N) is 3. The van der Waals surface area contributed by atoms with E-state index >= 15 is 0 Å². The van der Waals surface area contributed by atoms with E-state index in [-0.39, 0.29) is 22.7 Å². The molecule has 1 rings (SSSR count). The Balaban J connectivity index is 2.65.